The van der Waals surface area contributed by atoms with Gasteiger partial charge in [0, 0.05) is 23.2 Å². The van der Waals surface area contributed by atoms with Crippen LogP contribution in [0, 0.1) is 12.3 Å². The number of hydrogen-bond donors (Lipinski definition) is 1. The number of carbonyl (C=O) groups is 2. The van der Waals surface area contributed by atoms with Gasteiger partial charge in [-0.05, 0) is 36.4 Å². The fourth-order valence-corrected chi connectivity index (χ4v) is 3.42. The normalized spacial score (nSPS) is 12.0. The molecule has 144 valence electrons. The lowest BCUT2D eigenvalue weighted by Crippen LogP contribution is -2.35. The van der Waals surface area contributed by atoms with Gasteiger partial charge in [-0.2, -0.15) is 0 Å². The van der Waals surface area contributed by atoms with Crippen LogP contribution in [0.4, 0.5) is 5.69 Å². The highest BCUT2D eigenvalue weighted by Gasteiger charge is 2.16. The molecule has 0 saturated heterocycles. The highest BCUT2D eigenvalue weighted by atomic mass is 32.2. The molecule has 0 bridgehead atoms. The fraction of sp³-hybridized carbons (Fsp3) is 0.238. The second-order valence-corrected chi connectivity index (χ2v) is 7.17. The van der Waals surface area contributed by atoms with Crippen LogP contribution in [-0.2, 0) is 9.59 Å². The van der Waals surface area contributed by atoms with E-state index in [2.05, 4.69) is 11.2 Å². The monoisotopic (exact) mass is 396 g/mol. The minimum atomic E-state index is -0.283. The second kappa shape index (κ2) is 9.20. The molecule has 2 aromatic rings. The molecule has 1 heterocycles. The molecule has 3 rings (SSSR count). The molecule has 1 N–H and O–H groups in total. The second-order valence-electron chi connectivity index (χ2n) is 6.12. The van der Waals surface area contributed by atoms with Crippen molar-refractivity contribution in [2.24, 2.45) is 0 Å². The van der Waals surface area contributed by atoms with Crippen molar-refractivity contribution >= 4 is 29.3 Å². The summed E-state index contributed by atoms with van der Waals surface area (Å²) in [6.07, 6.45) is 5.36. The van der Waals surface area contributed by atoms with Gasteiger partial charge in [-0.3, -0.25) is 9.59 Å². The zero-order valence-electron chi connectivity index (χ0n) is 15.4. The Balaban J connectivity index is 1.49. The summed E-state index contributed by atoms with van der Waals surface area (Å²) in [6, 6.07) is 12.6. The molecule has 0 atom stereocenters. The molecule has 0 aromatic heterocycles. The van der Waals surface area contributed by atoms with E-state index in [0.717, 1.165) is 4.90 Å². The zero-order chi connectivity index (χ0) is 19.9. The average molecular weight is 396 g/mol. The molecular formula is C21H20N2O4S. The Morgan fingerprint density at radius 1 is 1.18 bits per heavy atom. The molecule has 6 nitrogen and oxygen atoms in total. The van der Waals surface area contributed by atoms with Crippen molar-refractivity contribution in [3.8, 4) is 23.8 Å². The molecule has 2 aromatic carbocycles. The molecule has 0 radical (unpaired) electrons. The van der Waals surface area contributed by atoms with E-state index in [9.17, 15) is 9.59 Å². The third-order valence-corrected chi connectivity index (χ3v) is 4.97. The molecule has 7 heteroatoms. The maximum absolute atomic E-state index is 12.3. The number of amides is 2. The molecule has 0 aliphatic carbocycles. The van der Waals surface area contributed by atoms with Crippen LogP contribution in [0.3, 0.4) is 0 Å². The van der Waals surface area contributed by atoms with E-state index in [-0.39, 0.29) is 24.1 Å². The highest BCUT2D eigenvalue weighted by molar-refractivity contribution is 8.00. The number of ether oxygens (including phenoxy) is 2. The number of nitrogens with zero attached hydrogens (tertiary/aromatic N) is 1. The Kier molecular flexibility index (Phi) is 6.45. The standard InChI is InChI=1S/C21H20N2O4S/c1-3-15-5-4-6-16(11-15)22-20(24)13-23(2)21(25)14-28-17-7-8-18-19(12-17)27-10-9-26-18/h1,4-8,11-12H,9-10,13-14H2,2H3,(H,22,24). The van der Waals surface area contributed by atoms with Crippen molar-refractivity contribution < 1.29 is 19.1 Å². The van der Waals surface area contributed by atoms with Crippen LogP contribution in [0.25, 0.3) is 0 Å². The number of rotatable bonds is 6. The zero-order valence-corrected chi connectivity index (χ0v) is 16.3. The van der Waals surface area contributed by atoms with Gasteiger partial charge in [0.15, 0.2) is 11.5 Å². The summed E-state index contributed by atoms with van der Waals surface area (Å²) in [5, 5.41) is 2.74. The van der Waals surface area contributed by atoms with Crippen molar-refractivity contribution in [1.29, 1.82) is 0 Å². The van der Waals surface area contributed by atoms with E-state index < -0.39 is 0 Å². The number of benzene rings is 2. The van der Waals surface area contributed by atoms with Crippen LogP contribution in [0.1, 0.15) is 5.56 Å². The lowest BCUT2D eigenvalue weighted by Gasteiger charge is -2.19. The van der Waals surface area contributed by atoms with Crippen molar-refractivity contribution in [2.45, 2.75) is 4.90 Å². The Bertz CT molecular complexity index is 923. The number of nitrogens with one attached hydrogen (secondary N) is 1. The van der Waals surface area contributed by atoms with Gasteiger partial charge in [-0.25, -0.2) is 0 Å². The van der Waals surface area contributed by atoms with Gasteiger partial charge in [0.05, 0.1) is 12.3 Å². The first-order chi connectivity index (χ1) is 13.5. The molecule has 0 spiro atoms. The van der Waals surface area contributed by atoms with Crippen LogP contribution in [0.5, 0.6) is 11.5 Å². The van der Waals surface area contributed by atoms with Crippen molar-refractivity contribution in [1.82, 2.24) is 4.90 Å². The quantitative estimate of drug-likeness (QED) is 0.601. The summed E-state index contributed by atoms with van der Waals surface area (Å²) in [6.45, 7) is 1.01. The number of terminal acetylenes is 1. The molecule has 1 aliphatic heterocycles. The highest BCUT2D eigenvalue weighted by Crippen LogP contribution is 2.34. The number of anilines is 1. The van der Waals surface area contributed by atoms with Crippen molar-refractivity contribution in [3.05, 3.63) is 48.0 Å². The Hall–Kier alpha value is -3.11. The first kappa shape index (κ1) is 19.6. The van der Waals surface area contributed by atoms with Crippen LogP contribution in [0.15, 0.2) is 47.4 Å². The van der Waals surface area contributed by atoms with Gasteiger partial charge in [0.25, 0.3) is 0 Å². The van der Waals surface area contributed by atoms with Gasteiger partial charge in [-0.15, -0.1) is 18.2 Å². The maximum Gasteiger partial charge on any atom is 0.243 e. The smallest absolute Gasteiger partial charge is 0.243 e. The topological polar surface area (TPSA) is 67.9 Å². The predicted octanol–water partition coefficient (Wildman–Crippen LogP) is 2.63. The Labute approximate surface area is 168 Å². The lowest BCUT2D eigenvalue weighted by molar-refractivity contribution is -0.131. The molecular weight excluding hydrogens is 376 g/mol. The summed E-state index contributed by atoms with van der Waals surface area (Å²) < 4.78 is 11.0. The van der Waals surface area contributed by atoms with Crippen LogP contribution >= 0.6 is 11.8 Å². The number of carbonyl (C=O) groups excluding carboxylic acids is 2. The number of thioether (sulfide) groups is 1. The third kappa shape index (κ3) is 5.21. The van der Waals surface area contributed by atoms with E-state index in [1.54, 1.807) is 31.3 Å². The molecule has 0 saturated carbocycles. The predicted molar refractivity (Wildman–Crippen MR) is 109 cm³/mol. The third-order valence-electron chi connectivity index (χ3n) is 4.00. The van der Waals surface area contributed by atoms with Gasteiger partial charge in [0.1, 0.15) is 13.2 Å². The number of likely N-dealkylation sites (N-methyl/N-ethyl adjacent to an activating group) is 1. The average Bonchev–Trinajstić information content (AvgIpc) is 2.71. The first-order valence-corrected chi connectivity index (χ1v) is 9.66. The molecule has 0 unspecified atom stereocenters. The van der Waals surface area contributed by atoms with Crippen molar-refractivity contribution in [3.63, 3.8) is 0 Å². The maximum atomic E-state index is 12.3. The number of fused-ring (bicyclic) bond motifs is 1. The summed E-state index contributed by atoms with van der Waals surface area (Å²) in [5.41, 5.74) is 1.28. The molecule has 2 amide bonds. The van der Waals surface area contributed by atoms with Crippen LogP contribution < -0.4 is 14.8 Å². The minimum Gasteiger partial charge on any atom is -0.486 e. The van der Waals surface area contributed by atoms with Crippen LogP contribution in [0.2, 0.25) is 0 Å². The first-order valence-electron chi connectivity index (χ1n) is 8.68. The molecule has 28 heavy (non-hydrogen) atoms. The lowest BCUT2D eigenvalue weighted by atomic mass is 10.2. The molecule has 1 aliphatic rings. The summed E-state index contributed by atoms with van der Waals surface area (Å²) in [7, 11) is 1.60. The number of hydrogen-bond acceptors (Lipinski definition) is 5. The van der Waals surface area contributed by atoms with E-state index in [0.29, 0.717) is 36.0 Å². The van der Waals surface area contributed by atoms with E-state index in [1.807, 2.05) is 18.2 Å². The van der Waals surface area contributed by atoms with Gasteiger partial charge < -0.3 is 19.7 Å². The van der Waals surface area contributed by atoms with Gasteiger partial charge in [-0.1, -0.05) is 12.0 Å². The van der Waals surface area contributed by atoms with E-state index >= 15 is 0 Å². The summed E-state index contributed by atoms with van der Waals surface area (Å²) in [5.74, 6) is 3.70. The largest absolute Gasteiger partial charge is 0.486 e. The van der Waals surface area contributed by atoms with E-state index in [1.165, 1.54) is 16.7 Å². The SMILES string of the molecule is C#Cc1cccc(NC(=O)CN(C)C(=O)CSc2ccc3c(c2)OCCO3)c1. The van der Waals surface area contributed by atoms with Crippen molar-refractivity contribution in [2.75, 3.05) is 37.9 Å². The van der Waals surface area contributed by atoms with Crippen LogP contribution in [-0.4, -0.2) is 49.3 Å². The molecule has 0 fully saturated rings. The minimum absolute atomic E-state index is 0.0409. The fourth-order valence-electron chi connectivity index (χ4n) is 2.56. The van der Waals surface area contributed by atoms with Gasteiger partial charge >= 0.3 is 0 Å². The van der Waals surface area contributed by atoms with E-state index in [4.69, 9.17) is 15.9 Å². The Morgan fingerprint density at radius 2 is 1.96 bits per heavy atom. The van der Waals surface area contributed by atoms with Gasteiger partial charge in [0.2, 0.25) is 11.8 Å². The Morgan fingerprint density at radius 3 is 2.75 bits per heavy atom. The summed E-state index contributed by atoms with van der Waals surface area (Å²) in [4.78, 5) is 26.8. The summed E-state index contributed by atoms with van der Waals surface area (Å²) >= 11 is 1.39.